The summed E-state index contributed by atoms with van der Waals surface area (Å²) in [7, 11) is 0. The maximum atomic E-state index is 13.3. The lowest BCUT2D eigenvalue weighted by molar-refractivity contribution is -0.218. The lowest BCUT2D eigenvalue weighted by Crippen LogP contribution is -2.47. The second-order valence-electron chi connectivity index (χ2n) is 4.10. The highest BCUT2D eigenvalue weighted by atomic mass is 19.4. The topological polar surface area (TPSA) is 46.5 Å². The van der Waals surface area contributed by atoms with Gasteiger partial charge in [-0.25, -0.2) is 8.78 Å². The number of alkyl halides is 3. The van der Waals surface area contributed by atoms with Crippen molar-refractivity contribution in [3.05, 3.63) is 29.3 Å². The van der Waals surface area contributed by atoms with Crippen LogP contribution in [-0.2, 0) is 11.2 Å². The summed E-state index contributed by atoms with van der Waals surface area (Å²) in [4.78, 5) is 10.8. The van der Waals surface area contributed by atoms with Crippen LogP contribution in [0.25, 0.3) is 0 Å². The minimum atomic E-state index is -4.96. The van der Waals surface area contributed by atoms with Crippen molar-refractivity contribution in [3.8, 4) is 5.75 Å². The first-order chi connectivity index (χ1) is 8.70. The Labute approximate surface area is 103 Å². The first-order valence-electron chi connectivity index (χ1n) is 5.14. The fraction of sp³-hybridized carbons (Fsp3) is 0.364. The summed E-state index contributed by atoms with van der Waals surface area (Å²) in [5.74, 6) is -6.71. The molecule has 1 aromatic carbocycles. The van der Waals surface area contributed by atoms with Gasteiger partial charge in [-0.1, -0.05) is 0 Å². The first-order valence-corrected chi connectivity index (χ1v) is 5.14. The molecule has 0 bridgehead atoms. The van der Waals surface area contributed by atoms with Crippen LogP contribution in [0, 0.1) is 17.6 Å². The second-order valence-corrected chi connectivity index (χ2v) is 4.10. The molecule has 0 spiro atoms. The van der Waals surface area contributed by atoms with E-state index in [2.05, 4.69) is 4.74 Å². The van der Waals surface area contributed by atoms with E-state index in [1.54, 1.807) is 0 Å². The van der Waals surface area contributed by atoms with Crippen LogP contribution in [-0.4, -0.2) is 23.4 Å². The monoisotopic (exact) mass is 282 g/mol. The number of fused-ring (bicyclic) bond motifs is 1. The predicted molar refractivity (Wildman–Crippen MR) is 51.7 cm³/mol. The van der Waals surface area contributed by atoms with Gasteiger partial charge in [0.15, 0.2) is 11.6 Å². The average molecular weight is 282 g/mol. The Morgan fingerprint density at radius 1 is 1.32 bits per heavy atom. The van der Waals surface area contributed by atoms with E-state index in [4.69, 9.17) is 5.11 Å². The van der Waals surface area contributed by atoms with Gasteiger partial charge in [0.25, 0.3) is 0 Å². The highest BCUT2D eigenvalue weighted by Gasteiger charge is 2.52. The number of benzene rings is 1. The lowest BCUT2D eigenvalue weighted by atomic mass is 9.90. The zero-order chi connectivity index (χ0) is 14.4. The summed E-state index contributed by atoms with van der Waals surface area (Å²) < 4.78 is 68.7. The number of ether oxygens (including phenoxy) is 1. The van der Waals surface area contributed by atoms with E-state index in [1.165, 1.54) is 0 Å². The third-order valence-electron chi connectivity index (χ3n) is 2.78. The molecular weight excluding hydrogens is 275 g/mol. The molecule has 19 heavy (non-hydrogen) atoms. The fourth-order valence-electron chi connectivity index (χ4n) is 1.96. The maximum Gasteiger partial charge on any atom is 0.426 e. The molecule has 1 aliphatic heterocycles. The first kappa shape index (κ1) is 13.6. The van der Waals surface area contributed by atoms with E-state index >= 15 is 0 Å². The molecule has 0 saturated heterocycles. The van der Waals surface area contributed by atoms with Gasteiger partial charge in [-0.3, -0.25) is 4.79 Å². The van der Waals surface area contributed by atoms with Gasteiger partial charge in [0, 0.05) is 11.6 Å². The number of aliphatic carboxylic acids is 1. The van der Waals surface area contributed by atoms with Gasteiger partial charge in [0.2, 0.25) is 6.10 Å². The number of carbonyl (C=O) groups is 1. The van der Waals surface area contributed by atoms with Gasteiger partial charge in [-0.15, -0.1) is 0 Å². The number of hydrogen-bond donors (Lipinski definition) is 1. The lowest BCUT2D eigenvalue weighted by Gasteiger charge is -2.32. The Hall–Kier alpha value is -1.86. The van der Waals surface area contributed by atoms with Crippen molar-refractivity contribution in [2.24, 2.45) is 5.92 Å². The van der Waals surface area contributed by atoms with Gasteiger partial charge < -0.3 is 9.84 Å². The van der Waals surface area contributed by atoms with Gasteiger partial charge in [0.1, 0.15) is 11.7 Å². The van der Waals surface area contributed by atoms with Gasteiger partial charge in [0.05, 0.1) is 0 Å². The highest BCUT2D eigenvalue weighted by molar-refractivity contribution is 5.72. The van der Waals surface area contributed by atoms with E-state index in [-0.39, 0.29) is 5.56 Å². The minimum Gasteiger partial charge on any atom is -0.481 e. The fourth-order valence-corrected chi connectivity index (χ4v) is 1.96. The standard InChI is InChI=1S/C11H7F5O3/c12-5-1-4-2-6(10(17)18)9(11(14,15)16)19-8(4)7(13)3-5/h1,3,6,9H,2H2,(H,17,18)/t6-,9+/m1/s1. The molecule has 0 aromatic heterocycles. The van der Waals surface area contributed by atoms with Crippen molar-refractivity contribution in [2.45, 2.75) is 18.7 Å². The predicted octanol–water partition coefficient (Wildman–Crippen LogP) is 2.53. The number of rotatable bonds is 1. The van der Waals surface area contributed by atoms with Crippen LogP contribution in [0.3, 0.4) is 0 Å². The zero-order valence-electron chi connectivity index (χ0n) is 9.17. The molecule has 1 N–H and O–H groups in total. The molecule has 1 aromatic rings. The Balaban J connectivity index is 2.48. The maximum absolute atomic E-state index is 13.3. The van der Waals surface area contributed by atoms with Crippen molar-refractivity contribution in [1.82, 2.24) is 0 Å². The summed E-state index contributed by atoms with van der Waals surface area (Å²) >= 11 is 0. The Bertz CT molecular complexity index is 526. The summed E-state index contributed by atoms with van der Waals surface area (Å²) in [6, 6.07) is 1.15. The second kappa shape index (κ2) is 4.36. The number of carboxylic acid groups (broad SMARTS) is 1. The highest BCUT2D eigenvalue weighted by Crippen LogP contribution is 2.40. The van der Waals surface area contributed by atoms with E-state index in [9.17, 15) is 26.7 Å². The smallest absolute Gasteiger partial charge is 0.426 e. The molecule has 1 heterocycles. The third-order valence-corrected chi connectivity index (χ3v) is 2.78. The molecule has 2 rings (SSSR count). The van der Waals surface area contributed by atoms with E-state index < -0.39 is 48.0 Å². The third kappa shape index (κ3) is 2.47. The Kier molecular flexibility index (Phi) is 3.11. The SMILES string of the molecule is O=C(O)[C@@H]1Cc2cc(F)cc(F)c2O[C@@H]1C(F)(F)F. The van der Waals surface area contributed by atoms with Gasteiger partial charge >= 0.3 is 12.1 Å². The molecule has 1 aliphatic rings. The van der Waals surface area contributed by atoms with Crippen LogP contribution in [0.4, 0.5) is 22.0 Å². The van der Waals surface area contributed by atoms with Crippen LogP contribution < -0.4 is 4.74 Å². The molecule has 0 amide bonds. The quantitative estimate of drug-likeness (QED) is 0.805. The molecule has 0 radical (unpaired) electrons. The molecular formula is C11H7F5O3. The van der Waals surface area contributed by atoms with Crippen LogP contribution >= 0.6 is 0 Å². The van der Waals surface area contributed by atoms with Crippen molar-refractivity contribution in [1.29, 1.82) is 0 Å². The molecule has 8 heteroatoms. The van der Waals surface area contributed by atoms with E-state index in [1.807, 2.05) is 0 Å². The molecule has 0 saturated carbocycles. The molecule has 0 aliphatic carbocycles. The van der Waals surface area contributed by atoms with E-state index in [0.717, 1.165) is 6.07 Å². The average Bonchev–Trinajstić information content (AvgIpc) is 2.25. The largest absolute Gasteiger partial charge is 0.481 e. The van der Waals surface area contributed by atoms with Crippen LogP contribution in [0.1, 0.15) is 5.56 Å². The van der Waals surface area contributed by atoms with Crippen molar-refractivity contribution >= 4 is 5.97 Å². The molecule has 104 valence electrons. The van der Waals surface area contributed by atoms with Crippen LogP contribution in [0.5, 0.6) is 5.75 Å². The zero-order valence-corrected chi connectivity index (χ0v) is 9.17. The van der Waals surface area contributed by atoms with Crippen LogP contribution in [0.2, 0.25) is 0 Å². The van der Waals surface area contributed by atoms with Gasteiger partial charge in [-0.2, -0.15) is 13.2 Å². The number of halogens is 5. The Morgan fingerprint density at radius 2 is 1.95 bits per heavy atom. The summed E-state index contributed by atoms with van der Waals surface area (Å²) in [5, 5.41) is 8.77. The molecule has 2 atom stereocenters. The van der Waals surface area contributed by atoms with Crippen LogP contribution in [0.15, 0.2) is 12.1 Å². The molecule has 3 nitrogen and oxygen atoms in total. The molecule has 0 unspecified atom stereocenters. The summed E-state index contributed by atoms with van der Waals surface area (Å²) in [6.07, 6.45) is -8.26. The van der Waals surface area contributed by atoms with Crippen molar-refractivity contribution in [2.75, 3.05) is 0 Å². The summed E-state index contributed by atoms with van der Waals surface area (Å²) in [5.41, 5.74) is -0.231. The summed E-state index contributed by atoms with van der Waals surface area (Å²) in [6.45, 7) is 0. The van der Waals surface area contributed by atoms with Crippen molar-refractivity contribution < 1.29 is 36.6 Å². The number of hydrogen-bond acceptors (Lipinski definition) is 2. The molecule has 0 fully saturated rings. The van der Waals surface area contributed by atoms with E-state index in [0.29, 0.717) is 6.07 Å². The Morgan fingerprint density at radius 3 is 2.47 bits per heavy atom. The minimum absolute atomic E-state index is 0.231. The van der Waals surface area contributed by atoms with Gasteiger partial charge in [-0.05, 0) is 12.5 Å². The van der Waals surface area contributed by atoms with Crippen molar-refractivity contribution in [3.63, 3.8) is 0 Å². The number of carboxylic acids is 1. The normalized spacial score (nSPS) is 22.6.